The van der Waals surface area contributed by atoms with Gasteiger partial charge in [-0.2, -0.15) is 0 Å². The van der Waals surface area contributed by atoms with E-state index in [0.717, 1.165) is 30.0 Å². The van der Waals surface area contributed by atoms with E-state index in [0.29, 0.717) is 10.9 Å². The molecule has 2 aromatic rings. The Hall–Kier alpha value is -1.84. The fourth-order valence-corrected chi connectivity index (χ4v) is 2.13. The van der Waals surface area contributed by atoms with Gasteiger partial charge in [-0.3, -0.25) is 0 Å². The third kappa shape index (κ3) is 4.31. The Morgan fingerprint density at radius 2 is 2.14 bits per heavy atom. The van der Waals surface area contributed by atoms with Crippen LogP contribution in [0.3, 0.4) is 0 Å². The normalized spacial score (nSPS) is 11.0. The Balaban J connectivity index is 2.20. The van der Waals surface area contributed by atoms with E-state index in [1.54, 1.807) is 6.20 Å². The van der Waals surface area contributed by atoms with E-state index < -0.39 is 0 Å². The van der Waals surface area contributed by atoms with Gasteiger partial charge in [-0.1, -0.05) is 48.9 Å². The third-order valence-electron chi connectivity index (χ3n) is 2.92. The molecule has 0 saturated carbocycles. The van der Waals surface area contributed by atoms with Gasteiger partial charge in [0.2, 0.25) is 5.88 Å². The second-order valence-corrected chi connectivity index (χ2v) is 4.96. The Morgan fingerprint density at radius 1 is 1.33 bits per heavy atom. The summed E-state index contributed by atoms with van der Waals surface area (Å²) in [6.45, 7) is 5.69. The predicted octanol–water partition coefficient (Wildman–Crippen LogP) is 4.67. The number of aromatic nitrogens is 1. The summed E-state index contributed by atoms with van der Waals surface area (Å²) in [5, 5.41) is 3.75. The molecule has 1 aromatic carbocycles. The highest BCUT2D eigenvalue weighted by molar-refractivity contribution is 6.31. The van der Waals surface area contributed by atoms with Crippen LogP contribution in [0, 0.1) is 0 Å². The van der Waals surface area contributed by atoms with Gasteiger partial charge < -0.3 is 10.1 Å². The van der Waals surface area contributed by atoms with E-state index in [1.807, 2.05) is 49.4 Å². The van der Waals surface area contributed by atoms with Crippen molar-refractivity contribution in [2.45, 2.75) is 20.4 Å². The summed E-state index contributed by atoms with van der Waals surface area (Å²) < 4.78 is 5.84. The van der Waals surface area contributed by atoms with Crippen molar-refractivity contribution < 1.29 is 4.74 Å². The lowest BCUT2D eigenvalue weighted by molar-refractivity contribution is 0.461. The number of pyridine rings is 1. The van der Waals surface area contributed by atoms with E-state index in [9.17, 15) is 0 Å². The van der Waals surface area contributed by atoms with Crippen LogP contribution in [0.4, 0.5) is 0 Å². The Labute approximate surface area is 130 Å². The van der Waals surface area contributed by atoms with Crippen LogP contribution < -0.4 is 10.1 Å². The number of hydrogen-bond acceptors (Lipinski definition) is 3. The van der Waals surface area contributed by atoms with Gasteiger partial charge in [-0.05, 0) is 31.2 Å². The number of nitrogens with one attached hydrogen (secondary N) is 1. The second kappa shape index (κ2) is 7.81. The van der Waals surface area contributed by atoms with E-state index in [1.165, 1.54) is 0 Å². The zero-order chi connectivity index (χ0) is 15.1. The van der Waals surface area contributed by atoms with Crippen LogP contribution in [0.2, 0.25) is 5.02 Å². The quantitative estimate of drug-likeness (QED) is 0.842. The van der Waals surface area contributed by atoms with Gasteiger partial charge in [0.05, 0.1) is 0 Å². The van der Waals surface area contributed by atoms with E-state index in [-0.39, 0.29) is 0 Å². The molecule has 0 bridgehead atoms. The van der Waals surface area contributed by atoms with E-state index in [2.05, 4.69) is 17.2 Å². The number of halogens is 1. The SMILES string of the molecule is CC=Cc1ccccc1Oc1ncc(CNCC)cc1Cl. The molecule has 1 aromatic heterocycles. The largest absolute Gasteiger partial charge is 0.437 e. The van der Waals surface area contributed by atoms with Crippen LogP contribution in [-0.2, 0) is 6.54 Å². The van der Waals surface area contributed by atoms with Crippen LogP contribution in [0.25, 0.3) is 6.08 Å². The standard InChI is InChI=1S/C17H19ClN2O/c1-3-7-14-8-5-6-9-16(14)21-17-15(18)10-13(12-20-17)11-19-4-2/h3,5-10,12,19H,4,11H2,1-2H3. The molecule has 0 fully saturated rings. The van der Waals surface area contributed by atoms with Crippen molar-refractivity contribution >= 4 is 17.7 Å². The highest BCUT2D eigenvalue weighted by Gasteiger charge is 2.08. The minimum absolute atomic E-state index is 0.425. The summed E-state index contributed by atoms with van der Waals surface area (Å²) in [4.78, 5) is 4.31. The molecule has 0 atom stereocenters. The number of benzene rings is 1. The van der Waals surface area contributed by atoms with Crippen LogP contribution in [0.1, 0.15) is 25.0 Å². The molecule has 0 unspecified atom stereocenters. The van der Waals surface area contributed by atoms with Crippen LogP contribution >= 0.6 is 11.6 Å². The number of ether oxygens (including phenoxy) is 1. The van der Waals surface area contributed by atoms with Crippen molar-refractivity contribution in [3.8, 4) is 11.6 Å². The maximum absolute atomic E-state index is 6.25. The van der Waals surface area contributed by atoms with Crippen molar-refractivity contribution in [3.05, 3.63) is 58.8 Å². The van der Waals surface area contributed by atoms with E-state index >= 15 is 0 Å². The number of nitrogens with zero attached hydrogens (tertiary/aromatic N) is 1. The van der Waals surface area contributed by atoms with Gasteiger partial charge >= 0.3 is 0 Å². The van der Waals surface area contributed by atoms with Crippen LogP contribution in [-0.4, -0.2) is 11.5 Å². The molecule has 1 N–H and O–H groups in total. The molecule has 0 amide bonds. The van der Waals surface area contributed by atoms with Crippen molar-refractivity contribution in [2.24, 2.45) is 0 Å². The molecule has 0 aliphatic carbocycles. The number of hydrogen-bond donors (Lipinski definition) is 1. The first kappa shape index (κ1) is 15.5. The minimum Gasteiger partial charge on any atom is -0.437 e. The van der Waals surface area contributed by atoms with E-state index in [4.69, 9.17) is 16.3 Å². The monoisotopic (exact) mass is 302 g/mol. The van der Waals surface area contributed by atoms with Crippen molar-refractivity contribution in [1.82, 2.24) is 10.3 Å². The molecule has 0 radical (unpaired) electrons. The summed E-state index contributed by atoms with van der Waals surface area (Å²) in [5.41, 5.74) is 2.03. The zero-order valence-electron chi connectivity index (χ0n) is 12.3. The molecule has 0 aliphatic rings. The van der Waals surface area contributed by atoms with Crippen molar-refractivity contribution in [1.29, 1.82) is 0 Å². The number of allylic oxidation sites excluding steroid dienone is 1. The Kier molecular flexibility index (Phi) is 5.78. The average Bonchev–Trinajstić information content (AvgIpc) is 2.49. The number of para-hydroxylation sites is 1. The molecule has 3 nitrogen and oxygen atoms in total. The fourth-order valence-electron chi connectivity index (χ4n) is 1.90. The predicted molar refractivity (Wildman–Crippen MR) is 87.9 cm³/mol. The summed E-state index contributed by atoms with van der Waals surface area (Å²) >= 11 is 6.25. The molecular weight excluding hydrogens is 284 g/mol. The van der Waals surface area contributed by atoms with Crippen LogP contribution in [0.15, 0.2) is 42.6 Å². The fraction of sp³-hybridized carbons (Fsp3) is 0.235. The van der Waals surface area contributed by atoms with Gasteiger partial charge in [0, 0.05) is 18.3 Å². The molecule has 1 heterocycles. The molecule has 0 spiro atoms. The molecule has 0 saturated heterocycles. The lowest BCUT2D eigenvalue weighted by Crippen LogP contribution is -2.11. The first-order chi connectivity index (χ1) is 10.2. The molecule has 2 rings (SSSR count). The molecule has 0 aliphatic heterocycles. The van der Waals surface area contributed by atoms with Crippen molar-refractivity contribution in [2.75, 3.05) is 6.54 Å². The lowest BCUT2D eigenvalue weighted by Gasteiger charge is -2.10. The molecule has 21 heavy (non-hydrogen) atoms. The minimum atomic E-state index is 0.425. The average molecular weight is 303 g/mol. The van der Waals surface area contributed by atoms with Gasteiger partial charge in [0.15, 0.2) is 0 Å². The third-order valence-corrected chi connectivity index (χ3v) is 3.19. The van der Waals surface area contributed by atoms with Gasteiger partial charge in [0.1, 0.15) is 10.8 Å². The topological polar surface area (TPSA) is 34.1 Å². The Morgan fingerprint density at radius 3 is 2.86 bits per heavy atom. The second-order valence-electron chi connectivity index (χ2n) is 4.55. The summed E-state index contributed by atoms with van der Waals surface area (Å²) in [6.07, 6.45) is 5.74. The van der Waals surface area contributed by atoms with Crippen molar-refractivity contribution in [3.63, 3.8) is 0 Å². The van der Waals surface area contributed by atoms with Crippen LogP contribution in [0.5, 0.6) is 11.6 Å². The highest BCUT2D eigenvalue weighted by atomic mass is 35.5. The maximum atomic E-state index is 6.25. The zero-order valence-corrected chi connectivity index (χ0v) is 13.0. The summed E-state index contributed by atoms with van der Waals surface area (Å²) in [7, 11) is 0. The smallest absolute Gasteiger partial charge is 0.238 e. The lowest BCUT2D eigenvalue weighted by atomic mass is 10.2. The van der Waals surface area contributed by atoms with Gasteiger partial charge in [0.25, 0.3) is 0 Å². The maximum Gasteiger partial charge on any atom is 0.238 e. The highest BCUT2D eigenvalue weighted by Crippen LogP contribution is 2.30. The Bertz CT molecular complexity index is 626. The molecule has 4 heteroatoms. The molecule has 110 valence electrons. The first-order valence-electron chi connectivity index (χ1n) is 6.99. The molecular formula is C17H19ClN2O. The van der Waals surface area contributed by atoms with Gasteiger partial charge in [-0.15, -0.1) is 0 Å². The number of rotatable bonds is 6. The summed E-state index contributed by atoms with van der Waals surface area (Å²) in [6, 6.07) is 9.67. The summed E-state index contributed by atoms with van der Waals surface area (Å²) in [5.74, 6) is 1.17. The van der Waals surface area contributed by atoms with Gasteiger partial charge in [-0.25, -0.2) is 4.98 Å². The first-order valence-corrected chi connectivity index (χ1v) is 7.37.